The van der Waals surface area contributed by atoms with Crippen LogP contribution in [-0.2, 0) is 16.0 Å². The Hall–Kier alpha value is -1.57. The smallest absolute Gasteiger partial charge is 0.419 e. The predicted octanol–water partition coefficient (Wildman–Crippen LogP) is 3.64. The Bertz CT molecular complexity index is 766. The van der Waals surface area contributed by atoms with Gasteiger partial charge in [0, 0.05) is 11.5 Å². The van der Waals surface area contributed by atoms with Gasteiger partial charge in [0.05, 0.1) is 23.2 Å². The van der Waals surface area contributed by atoms with E-state index in [1.807, 2.05) is 0 Å². The minimum Gasteiger partial charge on any atom is -0.496 e. The average molecular weight is 376 g/mol. The van der Waals surface area contributed by atoms with Crippen molar-refractivity contribution in [3.63, 3.8) is 0 Å². The van der Waals surface area contributed by atoms with Crippen LogP contribution in [0.2, 0.25) is 0 Å². The number of hydrogen-bond donors (Lipinski definition) is 0. The van der Waals surface area contributed by atoms with E-state index in [-0.39, 0.29) is 24.2 Å². The number of ketones is 1. The molecule has 2 aliphatic rings. The van der Waals surface area contributed by atoms with Crippen LogP contribution in [0.5, 0.6) is 5.75 Å². The summed E-state index contributed by atoms with van der Waals surface area (Å²) in [5.74, 6) is -1.18. The van der Waals surface area contributed by atoms with Crippen molar-refractivity contribution in [1.29, 1.82) is 0 Å². The van der Waals surface area contributed by atoms with Gasteiger partial charge in [-0.3, -0.25) is 4.79 Å². The van der Waals surface area contributed by atoms with E-state index in [1.165, 1.54) is 0 Å². The summed E-state index contributed by atoms with van der Waals surface area (Å²) >= 11 is 0. The predicted molar refractivity (Wildman–Crippen MR) is 85.4 cm³/mol. The molecular formula is C17H19F3O4S. The van der Waals surface area contributed by atoms with E-state index in [0.29, 0.717) is 12.8 Å². The molecule has 2 saturated heterocycles. The Labute approximate surface area is 144 Å². The minimum atomic E-state index is -4.57. The molecule has 8 heteroatoms. The third-order valence-electron chi connectivity index (χ3n) is 5.24. The second-order valence-electron chi connectivity index (χ2n) is 6.71. The SMILES string of the molecule is COc1cc(C(=O)C2CC3CCCC(C2)S3(=O)=O)ccc1C(F)(F)F. The summed E-state index contributed by atoms with van der Waals surface area (Å²) in [5.41, 5.74) is -0.804. The van der Waals surface area contributed by atoms with Gasteiger partial charge in [0.1, 0.15) is 5.75 Å². The van der Waals surface area contributed by atoms with Crippen LogP contribution in [0.1, 0.15) is 48.0 Å². The zero-order valence-corrected chi connectivity index (χ0v) is 14.5. The minimum absolute atomic E-state index is 0.132. The summed E-state index contributed by atoms with van der Waals surface area (Å²) in [6, 6.07) is 3.09. The molecule has 0 aromatic heterocycles. The summed E-state index contributed by atoms with van der Waals surface area (Å²) in [4.78, 5) is 12.7. The first-order valence-electron chi connectivity index (χ1n) is 8.16. The highest BCUT2D eigenvalue weighted by molar-refractivity contribution is 7.92. The van der Waals surface area contributed by atoms with E-state index in [2.05, 4.69) is 0 Å². The zero-order chi connectivity index (χ0) is 18.4. The first-order chi connectivity index (χ1) is 11.6. The maximum Gasteiger partial charge on any atom is 0.419 e. The maximum atomic E-state index is 12.9. The Morgan fingerprint density at radius 1 is 1.16 bits per heavy atom. The van der Waals surface area contributed by atoms with Gasteiger partial charge in [-0.05, 0) is 37.8 Å². The van der Waals surface area contributed by atoms with Crippen LogP contribution in [0, 0.1) is 5.92 Å². The molecule has 0 aliphatic carbocycles. The topological polar surface area (TPSA) is 60.4 Å². The van der Waals surface area contributed by atoms with Gasteiger partial charge < -0.3 is 4.74 Å². The first kappa shape index (κ1) is 18.2. The molecule has 25 heavy (non-hydrogen) atoms. The lowest BCUT2D eigenvalue weighted by Crippen LogP contribution is -2.45. The molecule has 1 aromatic rings. The highest BCUT2D eigenvalue weighted by Crippen LogP contribution is 2.41. The average Bonchev–Trinajstić information content (AvgIpc) is 2.51. The molecule has 2 unspecified atom stereocenters. The van der Waals surface area contributed by atoms with Crippen molar-refractivity contribution in [2.24, 2.45) is 5.92 Å². The molecule has 4 nitrogen and oxygen atoms in total. The Morgan fingerprint density at radius 2 is 1.76 bits per heavy atom. The van der Waals surface area contributed by atoms with E-state index >= 15 is 0 Å². The van der Waals surface area contributed by atoms with Gasteiger partial charge in [0.25, 0.3) is 0 Å². The first-order valence-corrected chi connectivity index (χ1v) is 9.77. The lowest BCUT2D eigenvalue weighted by Gasteiger charge is -2.38. The molecule has 2 atom stereocenters. The number of sulfone groups is 1. The molecule has 138 valence electrons. The molecule has 2 bridgehead atoms. The Morgan fingerprint density at radius 3 is 2.28 bits per heavy atom. The third-order valence-corrected chi connectivity index (χ3v) is 7.95. The van der Waals surface area contributed by atoms with Gasteiger partial charge in [-0.1, -0.05) is 12.5 Å². The van der Waals surface area contributed by atoms with Gasteiger partial charge in [0.15, 0.2) is 15.6 Å². The fourth-order valence-corrected chi connectivity index (χ4v) is 6.47. The number of carbonyl (C=O) groups is 1. The van der Waals surface area contributed by atoms with Crippen LogP contribution >= 0.6 is 0 Å². The molecule has 2 heterocycles. The number of carbonyl (C=O) groups excluding carboxylic acids is 1. The number of ether oxygens (including phenoxy) is 1. The molecular weight excluding hydrogens is 357 g/mol. The molecule has 0 spiro atoms. The van der Waals surface area contributed by atoms with Gasteiger partial charge in [-0.2, -0.15) is 13.2 Å². The van der Waals surface area contributed by atoms with E-state index in [0.717, 1.165) is 31.7 Å². The number of Topliss-reactive ketones (excluding diaryl/α,β-unsaturated/α-hetero) is 1. The second-order valence-corrected chi connectivity index (χ2v) is 9.22. The molecule has 3 rings (SSSR count). The second kappa shape index (κ2) is 6.30. The van der Waals surface area contributed by atoms with E-state index in [4.69, 9.17) is 4.74 Å². The van der Waals surface area contributed by atoms with Gasteiger partial charge in [-0.15, -0.1) is 0 Å². The molecule has 0 N–H and O–H groups in total. The number of benzene rings is 1. The lowest BCUT2D eigenvalue weighted by atomic mass is 9.84. The van der Waals surface area contributed by atoms with Crippen molar-refractivity contribution in [2.45, 2.75) is 48.8 Å². The number of fused-ring (bicyclic) bond motifs is 2. The van der Waals surface area contributed by atoms with E-state index in [1.54, 1.807) is 0 Å². The summed E-state index contributed by atoms with van der Waals surface area (Å²) in [6.07, 6.45) is -2.12. The monoisotopic (exact) mass is 376 g/mol. The summed E-state index contributed by atoms with van der Waals surface area (Å²) in [7, 11) is -2.06. The molecule has 0 saturated carbocycles. The van der Waals surface area contributed by atoms with Crippen LogP contribution in [0.25, 0.3) is 0 Å². The lowest BCUT2D eigenvalue weighted by molar-refractivity contribution is -0.138. The number of alkyl halides is 3. The summed E-state index contributed by atoms with van der Waals surface area (Å²) in [6.45, 7) is 0. The highest BCUT2D eigenvalue weighted by Gasteiger charge is 2.46. The number of rotatable bonds is 3. The Kier molecular flexibility index (Phi) is 4.59. The summed E-state index contributed by atoms with van der Waals surface area (Å²) < 4.78 is 68.2. The van der Waals surface area contributed by atoms with Crippen LogP contribution in [0.4, 0.5) is 13.2 Å². The number of methoxy groups -OCH3 is 1. The van der Waals surface area contributed by atoms with Crippen LogP contribution < -0.4 is 4.74 Å². The third kappa shape index (κ3) is 3.28. The van der Waals surface area contributed by atoms with Crippen molar-refractivity contribution in [3.8, 4) is 5.75 Å². The maximum absolute atomic E-state index is 12.9. The fourth-order valence-electron chi connectivity index (χ4n) is 3.94. The molecule has 2 fully saturated rings. The number of hydrogen-bond acceptors (Lipinski definition) is 4. The van der Waals surface area contributed by atoms with Crippen molar-refractivity contribution in [2.75, 3.05) is 7.11 Å². The van der Waals surface area contributed by atoms with Crippen molar-refractivity contribution in [3.05, 3.63) is 29.3 Å². The quantitative estimate of drug-likeness (QED) is 0.756. The largest absolute Gasteiger partial charge is 0.496 e. The van der Waals surface area contributed by atoms with E-state index in [9.17, 15) is 26.4 Å². The van der Waals surface area contributed by atoms with Crippen LogP contribution in [-0.4, -0.2) is 31.8 Å². The molecule has 1 aromatic carbocycles. The molecule has 0 amide bonds. The van der Waals surface area contributed by atoms with Crippen LogP contribution in [0.3, 0.4) is 0 Å². The van der Waals surface area contributed by atoms with E-state index < -0.39 is 43.7 Å². The summed E-state index contributed by atoms with van der Waals surface area (Å²) in [5, 5.41) is -1.02. The van der Waals surface area contributed by atoms with Gasteiger partial charge in [0.2, 0.25) is 0 Å². The fraction of sp³-hybridized carbons (Fsp3) is 0.588. The van der Waals surface area contributed by atoms with Gasteiger partial charge in [-0.25, -0.2) is 8.42 Å². The zero-order valence-electron chi connectivity index (χ0n) is 13.7. The molecule has 0 radical (unpaired) electrons. The standard InChI is InChI=1S/C17H19F3O4S/c1-24-15-9-10(5-6-14(15)17(18,19)20)16(21)11-7-12-3-2-4-13(8-11)25(12,22)23/h5-6,9,11-13H,2-4,7-8H2,1H3. The Balaban J connectivity index is 1.87. The van der Waals surface area contributed by atoms with Crippen molar-refractivity contribution in [1.82, 2.24) is 0 Å². The van der Waals surface area contributed by atoms with Gasteiger partial charge >= 0.3 is 6.18 Å². The molecule has 2 aliphatic heterocycles. The van der Waals surface area contributed by atoms with Crippen LogP contribution in [0.15, 0.2) is 18.2 Å². The van der Waals surface area contributed by atoms with Crippen molar-refractivity contribution < 1.29 is 31.1 Å². The number of halogens is 3. The normalized spacial score (nSPS) is 28.4. The highest BCUT2D eigenvalue weighted by atomic mass is 32.2. The van der Waals surface area contributed by atoms with Crippen molar-refractivity contribution >= 4 is 15.6 Å².